The van der Waals surface area contributed by atoms with Crippen LogP contribution >= 0.6 is 0 Å². The second-order valence-electron chi connectivity index (χ2n) is 4.51. The Morgan fingerprint density at radius 2 is 2.16 bits per heavy atom. The van der Waals surface area contributed by atoms with Gasteiger partial charge in [0.25, 0.3) is 0 Å². The van der Waals surface area contributed by atoms with Crippen LogP contribution in [0.25, 0.3) is 0 Å². The number of nitrogens with one attached hydrogen (secondary N) is 1. The fourth-order valence-corrected chi connectivity index (χ4v) is 1.97. The molecule has 19 heavy (non-hydrogen) atoms. The van der Waals surface area contributed by atoms with Crippen LogP contribution in [0, 0.1) is 12.7 Å². The zero-order valence-corrected chi connectivity index (χ0v) is 11.6. The fourth-order valence-electron chi connectivity index (χ4n) is 1.97. The highest BCUT2D eigenvalue weighted by atomic mass is 19.1. The molecule has 0 saturated carbocycles. The summed E-state index contributed by atoms with van der Waals surface area (Å²) in [5.41, 5.74) is 1.38. The molecule has 102 valence electrons. The third-order valence-corrected chi connectivity index (χ3v) is 3.05. The summed E-state index contributed by atoms with van der Waals surface area (Å²) in [5, 5.41) is 7.23. The van der Waals surface area contributed by atoms with E-state index in [1.807, 2.05) is 19.9 Å². The molecule has 1 unspecified atom stereocenters. The fraction of sp³-hybridized carbons (Fsp3) is 0.357. The van der Waals surface area contributed by atoms with Gasteiger partial charge in [-0.15, -0.1) is 0 Å². The van der Waals surface area contributed by atoms with Crippen molar-refractivity contribution >= 4 is 0 Å². The summed E-state index contributed by atoms with van der Waals surface area (Å²) in [5.74, 6) is 0.816. The molecule has 1 atom stereocenters. The lowest BCUT2D eigenvalue weighted by Crippen LogP contribution is -2.15. The highest BCUT2D eigenvalue weighted by Gasteiger charge is 2.17. The molecular formula is C14H18FN3O. The molecular weight excluding hydrogens is 245 g/mol. The molecule has 1 aromatic carbocycles. The number of halogens is 1. The number of ether oxygens (including phenoxy) is 1. The van der Waals surface area contributed by atoms with E-state index in [0.29, 0.717) is 17.2 Å². The molecule has 0 aliphatic rings. The largest absolute Gasteiger partial charge is 0.439 e. The van der Waals surface area contributed by atoms with Gasteiger partial charge in [0.15, 0.2) is 0 Å². The Morgan fingerprint density at radius 1 is 1.42 bits per heavy atom. The maximum atomic E-state index is 14.0. The third kappa shape index (κ3) is 2.76. The van der Waals surface area contributed by atoms with Gasteiger partial charge in [0.05, 0.1) is 5.69 Å². The first-order valence-electron chi connectivity index (χ1n) is 6.17. The van der Waals surface area contributed by atoms with E-state index < -0.39 is 0 Å². The van der Waals surface area contributed by atoms with Crippen molar-refractivity contribution in [2.45, 2.75) is 19.9 Å². The smallest absolute Gasteiger partial charge is 0.217 e. The van der Waals surface area contributed by atoms with Gasteiger partial charge in [-0.3, -0.25) is 0 Å². The second-order valence-corrected chi connectivity index (χ2v) is 4.51. The van der Waals surface area contributed by atoms with Gasteiger partial charge in [-0.2, -0.15) is 5.10 Å². The first-order chi connectivity index (χ1) is 9.02. The van der Waals surface area contributed by atoms with Crippen molar-refractivity contribution in [3.63, 3.8) is 0 Å². The van der Waals surface area contributed by atoms with Crippen molar-refractivity contribution in [3.8, 4) is 11.6 Å². The quantitative estimate of drug-likeness (QED) is 0.921. The molecule has 4 nitrogen and oxygen atoms in total. The predicted octanol–water partition coefficient (Wildman–Crippen LogP) is 2.94. The normalized spacial score (nSPS) is 12.5. The Kier molecular flexibility index (Phi) is 3.85. The first kappa shape index (κ1) is 13.5. The average molecular weight is 263 g/mol. The molecule has 1 heterocycles. The average Bonchev–Trinajstić information content (AvgIpc) is 2.67. The van der Waals surface area contributed by atoms with E-state index in [1.54, 1.807) is 30.9 Å². The van der Waals surface area contributed by atoms with Crippen LogP contribution in [-0.2, 0) is 7.05 Å². The van der Waals surface area contributed by atoms with E-state index in [1.165, 1.54) is 6.07 Å². The van der Waals surface area contributed by atoms with Crippen LogP contribution < -0.4 is 10.1 Å². The van der Waals surface area contributed by atoms with Crippen molar-refractivity contribution in [1.29, 1.82) is 0 Å². The summed E-state index contributed by atoms with van der Waals surface area (Å²) in [4.78, 5) is 0. The summed E-state index contributed by atoms with van der Waals surface area (Å²) in [6, 6.07) is 6.52. The molecule has 0 fully saturated rings. The molecule has 0 spiro atoms. The standard InChI is InChI=1S/C14H18FN3O/c1-9-8-13(18(4)17-9)19-12-7-5-6-11(15)14(12)10(2)16-3/h5-8,10,16H,1-4H3. The topological polar surface area (TPSA) is 39.1 Å². The van der Waals surface area contributed by atoms with Crippen LogP contribution in [0.5, 0.6) is 11.6 Å². The number of benzene rings is 1. The van der Waals surface area contributed by atoms with E-state index in [9.17, 15) is 4.39 Å². The van der Waals surface area contributed by atoms with Crippen molar-refractivity contribution in [3.05, 3.63) is 41.3 Å². The highest BCUT2D eigenvalue weighted by Crippen LogP contribution is 2.31. The van der Waals surface area contributed by atoms with E-state index in [-0.39, 0.29) is 11.9 Å². The maximum absolute atomic E-state index is 14.0. The Labute approximate surface area is 112 Å². The zero-order valence-electron chi connectivity index (χ0n) is 11.6. The van der Waals surface area contributed by atoms with Gasteiger partial charge in [0.1, 0.15) is 11.6 Å². The van der Waals surface area contributed by atoms with E-state index in [0.717, 1.165) is 5.69 Å². The molecule has 5 heteroatoms. The van der Waals surface area contributed by atoms with Crippen LogP contribution in [0.2, 0.25) is 0 Å². The van der Waals surface area contributed by atoms with Gasteiger partial charge in [-0.1, -0.05) is 6.07 Å². The minimum absolute atomic E-state index is 0.134. The van der Waals surface area contributed by atoms with Crippen molar-refractivity contribution in [2.24, 2.45) is 7.05 Å². The Morgan fingerprint density at radius 3 is 2.74 bits per heavy atom. The third-order valence-electron chi connectivity index (χ3n) is 3.05. The Balaban J connectivity index is 2.40. The first-order valence-corrected chi connectivity index (χ1v) is 6.17. The highest BCUT2D eigenvalue weighted by molar-refractivity contribution is 5.39. The lowest BCUT2D eigenvalue weighted by atomic mass is 10.1. The number of hydrogen-bond acceptors (Lipinski definition) is 3. The van der Waals surface area contributed by atoms with Crippen molar-refractivity contribution in [1.82, 2.24) is 15.1 Å². The minimum atomic E-state index is -0.279. The molecule has 2 rings (SSSR count). The van der Waals surface area contributed by atoms with Gasteiger partial charge >= 0.3 is 0 Å². The molecule has 2 aromatic rings. The SMILES string of the molecule is CNC(C)c1c(F)cccc1Oc1cc(C)nn1C. The van der Waals surface area contributed by atoms with Crippen LogP contribution in [0.1, 0.15) is 24.2 Å². The Hall–Kier alpha value is -1.88. The summed E-state index contributed by atoms with van der Waals surface area (Å²) in [6.45, 7) is 3.77. The van der Waals surface area contributed by atoms with Gasteiger partial charge < -0.3 is 10.1 Å². The minimum Gasteiger partial charge on any atom is -0.439 e. The maximum Gasteiger partial charge on any atom is 0.217 e. The monoisotopic (exact) mass is 263 g/mol. The van der Waals surface area contributed by atoms with Crippen LogP contribution in [0.3, 0.4) is 0 Å². The van der Waals surface area contributed by atoms with Gasteiger partial charge in [-0.25, -0.2) is 9.07 Å². The number of hydrogen-bond donors (Lipinski definition) is 1. The van der Waals surface area contributed by atoms with Crippen LogP contribution in [0.15, 0.2) is 24.3 Å². The van der Waals surface area contributed by atoms with E-state index >= 15 is 0 Å². The molecule has 0 radical (unpaired) electrons. The molecule has 0 aliphatic carbocycles. The van der Waals surface area contributed by atoms with Crippen molar-refractivity contribution < 1.29 is 9.13 Å². The predicted molar refractivity (Wildman–Crippen MR) is 71.9 cm³/mol. The lowest BCUT2D eigenvalue weighted by Gasteiger charge is -2.16. The lowest BCUT2D eigenvalue weighted by molar-refractivity contribution is 0.413. The summed E-state index contributed by atoms with van der Waals surface area (Å²) < 4.78 is 21.4. The molecule has 0 aliphatic heterocycles. The van der Waals surface area contributed by atoms with Crippen molar-refractivity contribution in [2.75, 3.05) is 7.05 Å². The van der Waals surface area contributed by atoms with Gasteiger partial charge in [0.2, 0.25) is 5.88 Å². The molecule has 1 aromatic heterocycles. The van der Waals surface area contributed by atoms with E-state index in [2.05, 4.69) is 10.4 Å². The van der Waals surface area contributed by atoms with Gasteiger partial charge in [0, 0.05) is 24.7 Å². The molecule has 1 N–H and O–H groups in total. The zero-order chi connectivity index (χ0) is 14.0. The van der Waals surface area contributed by atoms with Crippen LogP contribution in [0.4, 0.5) is 4.39 Å². The number of nitrogens with zero attached hydrogens (tertiary/aromatic N) is 2. The number of aryl methyl sites for hydroxylation is 2. The second kappa shape index (κ2) is 5.40. The van der Waals surface area contributed by atoms with E-state index in [4.69, 9.17) is 4.74 Å². The number of aromatic nitrogens is 2. The molecule has 0 amide bonds. The van der Waals surface area contributed by atoms with Gasteiger partial charge in [-0.05, 0) is 33.0 Å². The Bertz CT molecular complexity index is 580. The van der Waals surface area contributed by atoms with Crippen LogP contribution in [-0.4, -0.2) is 16.8 Å². The molecule has 0 bridgehead atoms. The number of rotatable bonds is 4. The summed E-state index contributed by atoms with van der Waals surface area (Å²) in [6.07, 6.45) is 0. The summed E-state index contributed by atoms with van der Waals surface area (Å²) in [7, 11) is 3.58. The summed E-state index contributed by atoms with van der Waals surface area (Å²) >= 11 is 0. The molecule has 0 saturated heterocycles.